The molecule has 152 valence electrons. The van der Waals surface area contributed by atoms with Gasteiger partial charge in [0, 0.05) is 5.56 Å². The van der Waals surface area contributed by atoms with E-state index in [0.29, 0.717) is 11.8 Å². The summed E-state index contributed by atoms with van der Waals surface area (Å²) in [4.78, 5) is 0. The molecule has 0 saturated heterocycles. The number of hydrogen-bond donors (Lipinski definition) is 0. The van der Waals surface area contributed by atoms with Crippen LogP contribution < -0.4 is 4.74 Å². The molecule has 0 aromatic heterocycles. The molecule has 27 heavy (non-hydrogen) atoms. The SMILES string of the molecule is CCCCCCOc1cc(C)cc2c1[C@H](C)CC[C@H]2[C@@H](C)CCC=C(C)C. The summed E-state index contributed by atoms with van der Waals surface area (Å²) >= 11 is 0. The average molecular weight is 371 g/mol. The van der Waals surface area contributed by atoms with Crippen LogP contribution in [0, 0.1) is 12.8 Å². The van der Waals surface area contributed by atoms with Crippen molar-refractivity contribution in [3.63, 3.8) is 0 Å². The van der Waals surface area contributed by atoms with Crippen molar-refractivity contribution in [3.05, 3.63) is 40.5 Å². The number of benzene rings is 1. The fraction of sp³-hybridized carbons (Fsp3) is 0.692. The standard InChI is InChI=1S/C26H42O/c1-7-8-9-10-16-27-25-18-20(4)17-24-23(15-14-22(6)26(24)25)21(5)13-11-12-19(2)3/h12,17-18,21-23H,7-11,13-16H2,1-6H3/t21-,22+,23-/m0/s1. The molecular formula is C26H42O. The summed E-state index contributed by atoms with van der Waals surface area (Å²) in [5.41, 5.74) is 5.89. The van der Waals surface area contributed by atoms with E-state index in [2.05, 4.69) is 59.8 Å². The number of aryl methyl sites for hydroxylation is 1. The normalized spacial score (nSPS) is 20.1. The van der Waals surface area contributed by atoms with Crippen LogP contribution in [0.1, 0.15) is 115 Å². The fourth-order valence-corrected chi connectivity index (χ4v) is 4.61. The molecule has 0 spiro atoms. The Balaban J connectivity index is 2.16. The van der Waals surface area contributed by atoms with Crippen molar-refractivity contribution in [3.8, 4) is 5.75 Å². The lowest BCUT2D eigenvalue weighted by atomic mass is 9.71. The van der Waals surface area contributed by atoms with Crippen LogP contribution in [-0.4, -0.2) is 6.61 Å². The number of fused-ring (bicyclic) bond motifs is 1. The zero-order chi connectivity index (χ0) is 19.8. The summed E-state index contributed by atoms with van der Waals surface area (Å²) < 4.78 is 6.33. The summed E-state index contributed by atoms with van der Waals surface area (Å²) in [6, 6.07) is 4.74. The lowest BCUT2D eigenvalue weighted by Crippen LogP contribution is -2.20. The minimum Gasteiger partial charge on any atom is -0.493 e. The fourth-order valence-electron chi connectivity index (χ4n) is 4.61. The molecule has 1 aliphatic rings. The molecular weight excluding hydrogens is 328 g/mol. The Labute approximate surface area is 168 Å². The predicted molar refractivity (Wildman–Crippen MR) is 119 cm³/mol. The second-order valence-electron chi connectivity index (χ2n) is 9.10. The van der Waals surface area contributed by atoms with Gasteiger partial charge in [-0.15, -0.1) is 0 Å². The van der Waals surface area contributed by atoms with E-state index in [-0.39, 0.29) is 0 Å². The van der Waals surface area contributed by atoms with Gasteiger partial charge in [-0.25, -0.2) is 0 Å². The predicted octanol–water partition coefficient (Wildman–Crippen LogP) is 8.32. The Bertz CT molecular complexity index is 609. The van der Waals surface area contributed by atoms with Crippen LogP contribution in [-0.2, 0) is 0 Å². The third-order valence-electron chi connectivity index (χ3n) is 6.24. The Morgan fingerprint density at radius 1 is 1.19 bits per heavy atom. The first-order chi connectivity index (χ1) is 12.9. The van der Waals surface area contributed by atoms with Crippen LogP contribution in [0.3, 0.4) is 0 Å². The molecule has 1 aromatic rings. The topological polar surface area (TPSA) is 9.23 Å². The van der Waals surface area contributed by atoms with Gasteiger partial charge in [0.2, 0.25) is 0 Å². The number of unbranched alkanes of at least 4 members (excludes halogenated alkanes) is 3. The summed E-state index contributed by atoms with van der Waals surface area (Å²) in [5.74, 6) is 3.21. The molecule has 0 bridgehead atoms. The van der Waals surface area contributed by atoms with Crippen molar-refractivity contribution in [1.82, 2.24) is 0 Å². The highest BCUT2D eigenvalue weighted by Gasteiger charge is 2.31. The highest BCUT2D eigenvalue weighted by molar-refractivity contribution is 5.49. The number of hydrogen-bond acceptors (Lipinski definition) is 1. The quantitative estimate of drug-likeness (QED) is 0.297. The van der Waals surface area contributed by atoms with Crippen LogP contribution in [0.4, 0.5) is 0 Å². The van der Waals surface area contributed by atoms with Gasteiger partial charge in [0.15, 0.2) is 0 Å². The lowest BCUT2D eigenvalue weighted by molar-refractivity contribution is 0.293. The second kappa shape index (κ2) is 10.9. The maximum Gasteiger partial charge on any atom is 0.123 e. The molecule has 0 saturated carbocycles. The van der Waals surface area contributed by atoms with Gasteiger partial charge >= 0.3 is 0 Å². The lowest BCUT2D eigenvalue weighted by Gasteiger charge is -2.35. The van der Waals surface area contributed by atoms with Gasteiger partial charge in [-0.05, 0) is 87.8 Å². The summed E-state index contributed by atoms with van der Waals surface area (Å²) in [5, 5.41) is 0. The first-order valence-electron chi connectivity index (χ1n) is 11.3. The maximum absolute atomic E-state index is 6.33. The van der Waals surface area contributed by atoms with Crippen LogP contribution >= 0.6 is 0 Å². The van der Waals surface area contributed by atoms with E-state index in [0.717, 1.165) is 12.5 Å². The van der Waals surface area contributed by atoms with E-state index >= 15 is 0 Å². The van der Waals surface area contributed by atoms with Crippen molar-refractivity contribution in [2.24, 2.45) is 5.92 Å². The van der Waals surface area contributed by atoms with Gasteiger partial charge in [0.05, 0.1) is 6.61 Å². The number of ether oxygens (including phenoxy) is 1. The first kappa shape index (κ1) is 22.1. The van der Waals surface area contributed by atoms with Gasteiger partial charge in [0.1, 0.15) is 5.75 Å². The molecule has 0 N–H and O–H groups in total. The molecule has 0 fully saturated rings. The highest BCUT2D eigenvalue weighted by Crippen LogP contribution is 2.47. The molecule has 2 rings (SSSR count). The zero-order valence-corrected chi connectivity index (χ0v) is 18.7. The monoisotopic (exact) mass is 370 g/mol. The van der Waals surface area contributed by atoms with Gasteiger partial charge in [-0.3, -0.25) is 0 Å². The smallest absolute Gasteiger partial charge is 0.123 e. The zero-order valence-electron chi connectivity index (χ0n) is 18.7. The van der Waals surface area contributed by atoms with Crippen molar-refractivity contribution in [2.45, 2.75) is 105 Å². The summed E-state index contributed by atoms with van der Waals surface area (Å²) in [7, 11) is 0. The second-order valence-corrected chi connectivity index (χ2v) is 9.10. The highest BCUT2D eigenvalue weighted by atomic mass is 16.5. The van der Waals surface area contributed by atoms with Crippen molar-refractivity contribution < 1.29 is 4.74 Å². The van der Waals surface area contributed by atoms with Crippen molar-refractivity contribution >= 4 is 0 Å². The third kappa shape index (κ3) is 6.40. The Morgan fingerprint density at radius 2 is 1.96 bits per heavy atom. The number of rotatable bonds is 10. The molecule has 0 heterocycles. The van der Waals surface area contributed by atoms with E-state index in [9.17, 15) is 0 Å². The molecule has 0 amide bonds. The molecule has 1 aromatic carbocycles. The maximum atomic E-state index is 6.33. The molecule has 1 aliphatic carbocycles. The van der Waals surface area contributed by atoms with Crippen LogP contribution in [0.25, 0.3) is 0 Å². The van der Waals surface area contributed by atoms with E-state index in [1.807, 2.05) is 0 Å². The largest absolute Gasteiger partial charge is 0.493 e. The van der Waals surface area contributed by atoms with Gasteiger partial charge in [0.25, 0.3) is 0 Å². The van der Waals surface area contributed by atoms with Crippen molar-refractivity contribution in [1.29, 1.82) is 0 Å². The molecule has 0 radical (unpaired) electrons. The van der Waals surface area contributed by atoms with Gasteiger partial charge in [-0.2, -0.15) is 0 Å². The Hall–Kier alpha value is -1.24. The van der Waals surface area contributed by atoms with Gasteiger partial charge in [-0.1, -0.05) is 57.7 Å². The molecule has 1 heteroatoms. The molecule has 0 aliphatic heterocycles. The van der Waals surface area contributed by atoms with Crippen LogP contribution in [0.2, 0.25) is 0 Å². The van der Waals surface area contributed by atoms with Crippen molar-refractivity contribution in [2.75, 3.05) is 6.61 Å². The van der Waals surface area contributed by atoms with E-state index in [4.69, 9.17) is 4.74 Å². The number of allylic oxidation sites excluding steroid dienone is 2. The van der Waals surface area contributed by atoms with Crippen LogP contribution in [0.15, 0.2) is 23.8 Å². The minimum absolute atomic E-state index is 0.618. The molecule has 0 unspecified atom stereocenters. The van der Waals surface area contributed by atoms with Crippen LogP contribution in [0.5, 0.6) is 5.75 Å². The minimum atomic E-state index is 0.618. The Kier molecular flexibility index (Phi) is 8.93. The average Bonchev–Trinajstić information content (AvgIpc) is 2.60. The summed E-state index contributed by atoms with van der Waals surface area (Å²) in [6.45, 7) is 14.6. The summed E-state index contributed by atoms with van der Waals surface area (Å²) in [6.07, 6.45) is 12.5. The molecule has 1 nitrogen and oxygen atoms in total. The first-order valence-corrected chi connectivity index (χ1v) is 11.3. The van der Waals surface area contributed by atoms with E-state index in [1.165, 1.54) is 73.8 Å². The molecule has 3 atom stereocenters. The Morgan fingerprint density at radius 3 is 2.67 bits per heavy atom. The van der Waals surface area contributed by atoms with E-state index in [1.54, 1.807) is 5.56 Å². The van der Waals surface area contributed by atoms with E-state index < -0.39 is 0 Å². The third-order valence-corrected chi connectivity index (χ3v) is 6.24. The van der Waals surface area contributed by atoms with Gasteiger partial charge < -0.3 is 4.74 Å².